The number of fused-ring (bicyclic) bond motifs is 1. The molecule has 4 aromatic rings. The molecule has 1 saturated carbocycles. The second-order valence-corrected chi connectivity index (χ2v) is 9.76. The third-order valence-electron chi connectivity index (χ3n) is 7.11. The van der Waals surface area contributed by atoms with Gasteiger partial charge in [0.1, 0.15) is 11.3 Å². The van der Waals surface area contributed by atoms with Gasteiger partial charge in [0.15, 0.2) is 11.5 Å². The van der Waals surface area contributed by atoms with Gasteiger partial charge in [-0.15, -0.1) is 0 Å². The monoisotopic (exact) mass is 563 g/mol. The number of alkyl halides is 6. The average Bonchev–Trinajstić information content (AvgIpc) is 3.20. The zero-order chi connectivity index (χ0) is 28.8. The molecule has 0 unspecified atom stereocenters. The summed E-state index contributed by atoms with van der Waals surface area (Å²) in [6.45, 7) is 1.72. The Labute approximate surface area is 223 Å². The summed E-state index contributed by atoms with van der Waals surface area (Å²) in [6, 6.07) is 8.82. The summed E-state index contributed by atoms with van der Waals surface area (Å²) in [7, 11) is 0. The highest BCUT2D eigenvalue weighted by molar-refractivity contribution is 5.92. The smallest absolute Gasteiger partial charge is 0.417 e. The van der Waals surface area contributed by atoms with Gasteiger partial charge in [-0.25, -0.2) is 19.7 Å². The molecule has 0 amide bonds. The Kier molecular flexibility index (Phi) is 6.92. The first-order valence-electron chi connectivity index (χ1n) is 12.4. The van der Waals surface area contributed by atoms with Gasteiger partial charge in [0.25, 0.3) is 0 Å². The third kappa shape index (κ3) is 5.32. The number of carboxylic acid groups (broad SMARTS) is 1. The van der Waals surface area contributed by atoms with Crippen molar-refractivity contribution < 1.29 is 36.2 Å². The van der Waals surface area contributed by atoms with Gasteiger partial charge < -0.3 is 15.0 Å². The minimum Gasteiger partial charge on any atom is -0.475 e. The van der Waals surface area contributed by atoms with E-state index < -0.39 is 35.3 Å². The normalized spacial score (nSPS) is 15.2. The van der Waals surface area contributed by atoms with E-state index in [1.54, 1.807) is 0 Å². The Morgan fingerprint density at radius 1 is 1.00 bits per heavy atom. The summed E-state index contributed by atoms with van der Waals surface area (Å²) >= 11 is 0. The number of halogens is 6. The van der Waals surface area contributed by atoms with Crippen LogP contribution in [-0.2, 0) is 18.9 Å². The first-order valence-corrected chi connectivity index (χ1v) is 12.4. The third-order valence-corrected chi connectivity index (χ3v) is 7.11. The number of nitrogens with one attached hydrogen (secondary N) is 1. The van der Waals surface area contributed by atoms with Gasteiger partial charge >= 0.3 is 18.3 Å². The van der Waals surface area contributed by atoms with Crippen LogP contribution >= 0.6 is 0 Å². The van der Waals surface area contributed by atoms with Crippen molar-refractivity contribution >= 4 is 23.0 Å². The first kappa shape index (κ1) is 27.4. The van der Waals surface area contributed by atoms with Crippen molar-refractivity contribution in [2.24, 2.45) is 5.92 Å². The largest absolute Gasteiger partial charge is 0.475 e. The van der Waals surface area contributed by atoms with Crippen LogP contribution in [0.3, 0.4) is 0 Å². The summed E-state index contributed by atoms with van der Waals surface area (Å²) in [5, 5.41) is 12.8. The molecule has 1 fully saturated rings. The van der Waals surface area contributed by atoms with Gasteiger partial charge in [-0.05, 0) is 49.4 Å². The van der Waals surface area contributed by atoms with Crippen LogP contribution in [0.1, 0.15) is 53.5 Å². The van der Waals surface area contributed by atoms with Crippen LogP contribution in [0.25, 0.3) is 22.6 Å². The number of aromatic carboxylic acids is 1. The van der Waals surface area contributed by atoms with Crippen molar-refractivity contribution in [2.45, 2.75) is 51.1 Å². The van der Waals surface area contributed by atoms with Crippen molar-refractivity contribution in [3.05, 3.63) is 71.0 Å². The van der Waals surface area contributed by atoms with Crippen LogP contribution < -0.4 is 5.32 Å². The van der Waals surface area contributed by atoms with Crippen LogP contribution in [0.15, 0.2) is 48.5 Å². The summed E-state index contributed by atoms with van der Waals surface area (Å²) in [4.78, 5) is 24.3. The van der Waals surface area contributed by atoms with Gasteiger partial charge in [-0.3, -0.25) is 0 Å². The maximum atomic E-state index is 14.0. The lowest BCUT2D eigenvalue weighted by Crippen LogP contribution is -2.31. The number of nitrogens with zero attached hydrogens (tertiary/aromatic N) is 4. The number of anilines is 1. The Balaban J connectivity index is 1.73. The van der Waals surface area contributed by atoms with Gasteiger partial charge in [0, 0.05) is 18.2 Å². The predicted octanol–water partition coefficient (Wildman–Crippen LogP) is 6.88. The number of hydrogen-bond donors (Lipinski definition) is 2. The number of rotatable bonds is 7. The lowest BCUT2D eigenvalue weighted by molar-refractivity contribution is -0.138. The summed E-state index contributed by atoms with van der Waals surface area (Å²) in [5.74, 6) is -1.87. The van der Waals surface area contributed by atoms with Crippen molar-refractivity contribution in [3.8, 4) is 11.4 Å². The molecule has 2 aromatic heterocycles. The molecule has 0 radical (unpaired) electrons. The van der Waals surface area contributed by atoms with Crippen LogP contribution in [0.4, 0.5) is 32.2 Å². The second kappa shape index (κ2) is 10.1. The zero-order valence-corrected chi connectivity index (χ0v) is 21.0. The second-order valence-electron chi connectivity index (χ2n) is 9.76. The molecule has 13 heteroatoms. The van der Waals surface area contributed by atoms with Crippen LogP contribution in [0.5, 0.6) is 0 Å². The topological polar surface area (TPSA) is 92.9 Å². The molecule has 0 aliphatic heterocycles. The Morgan fingerprint density at radius 2 is 1.68 bits per heavy atom. The first-order chi connectivity index (χ1) is 18.8. The molecule has 5 rings (SSSR count). The van der Waals surface area contributed by atoms with Crippen LogP contribution in [-0.4, -0.2) is 36.6 Å². The minimum atomic E-state index is -4.74. The SMILES string of the molecule is C[C@@H](Nc1nc(C(=O)O)nc2nc(-c3ccccc3C(F)(F)F)n(Cc3ccc(C(F)(F)F)cc3)c12)C1CCC1. The van der Waals surface area contributed by atoms with E-state index in [-0.39, 0.29) is 46.9 Å². The molecule has 1 aliphatic carbocycles. The highest BCUT2D eigenvalue weighted by Gasteiger charge is 2.36. The molecule has 0 bridgehead atoms. The maximum absolute atomic E-state index is 14.0. The predicted molar refractivity (Wildman–Crippen MR) is 134 cm³/mol. The molecule has 0 saturated heterocycles. The van der Waals surface area contributed by atoms with E-state index in [0.29, 0.717) is 5.56 Å². The Morgan fingerprint density at radius 3 is 2.25 bits per heavy atom. The van der Waals surface area contributed by atoms with Crippen molar-refractivity contribution in [1.82, 2.24) is 19.5 Å². The molecular formula is C27H23F6N5O2. The van der Waals surface area contributed by atoms with Gasteiger partial charge in [0.05, 0.1) is 11.1 Å². The van der Waals surface area contributed by atoms with Crippen molar-refractivity contribution in [2.75, 3.05) is 5.32 Å². The van der Waals surface area contributed by atoms with Crippen molar-refractivity contribution in [3.63, 3.8) is 0 Å². The number of benzene rings is 2. The number of hydrogen-bond acceptors (Lipinski definition) is 5. The highest BCUT2D eigenvalue weighted by atomic mass is 19.4. The maximum Gasteiger partial charge on any atom is 0.417 e. The molecule has 210 valence electrons. The van der Waals surface area contributed by atoms with E-state index in [2.05, 4.69) is 20.3 Å². The van der Waals surface area contributed by atoms with E-state index in [1.807, 2.05) is 6.92 Å². The number of carboxylic acids is 1. The lowest BCUT2D eigenvalue weighted by atomic mass is 9.80. The molecule has 0 spiro atoms. The fraction of sp³-hybridized carbons (Fsp3) is 0.333. The van der Waals surface area contributed by atoms with Gasteiger partial charge in [-0.2, -0.15) is 26.3 Å². The average molecular weight is 564 g/mol. The van der Waals surface area contributed by atoms with E-state index in [1.165, 1.54) is 34.9 Å². The number of aromatic nitrogens is 4. The molecule has 40 heavy (non-hydrogen) atoms. The Bertz CT molecular complexity index is 1560. The van der Waals surface area contributed by atoms with Crippen LogP contribution in [0.2, 0.25) is 0 Å². The number of carbonyl (C=O) groups is 1. The van der Waals surface area contributed by atoms with E-state index in [0.717, 1.165) is 37.5 Å². The fourth-order valence-electron chi connectivity index (χ4n) is 4.77. The van der Waals surface area contributed by atoms with E-state index in [9.17, 15) is 36.2 Å². The van der Waals surface area contributed by atoms with Gasteiger partial charge in [0.2, 0.25) is 5.82 Å². The Hall–Kier alpha value is -4.16. The molecule has 2 N–H and O–H groups in total. The summed E-state index contributed by atoms with van der Waals surface area (Å²) in [6.07, 6.45) is -6.37. The molecule has 7 nitrogen and oxygen atoms in total. The minimum absolute atomic E-state index is 0.0666. The fourth-order valence-corrected chi connectivity index (χ4v) is 4.77. The molecule has 1 aliphatic rings. The quantitative estimate of drug-likeness (QED) is 0.238. The summed E-state index contributed by atoms with van der Waals surface area (Å²) in [5.41, 5.74) is -1.83. The molecule has 2 aromatic carbocycles. The molecule has 1 atom stereocenters. The van der Waals surface area contributed by atoms with Crippen LogP contribution in [0, 0.1) is 5.92 Å². The molecular weight excluding hydrogens is 540 g/mol. The standard InChI is InChI=1S/C27H23F6N5O2/c1-14(16-5-4-6-16)34-21-20-22(36-23(35-21)25(39)40)37-24(18-7-2-3-8-19(18)27(31,32)33)38(20)13-15-9-11-17(12-10-15)26(28,29)30/h2-3,7-12,14,16H,4-6,13H2,1H3,(H,39,40)(H,34,35,36)/t14-/m1/s1. The molecule has 2 heterocycles. The summed E-state index contributed by atoms with van der Waals surface area (Å²) < 4.78 is 82.8. The van der Waals surface area contributed by atoms with Gasteiger partial charge in [-0.1, -0.05) is 36.8 Å². The van der Waals surface area contributed by atoms with E-state index in [4.69, 9.17) is 0 Å². The van der Waals surface area contributed by atoms with E-state index >= 15 is 0 Å². The number of imidazole rings is 1. The highest BCUT2D eigenvalue weighted by Crippen LogP contribution is 2.39. The lowest BCUT2D eigenvalue weighted by Gasteiger charge is -2.32. The zero-order valence-electron chi connectivity index (χ0n) is 21.0. The van der Waals surface area contributed by atoms with Crippen molar-refractivity contribution in [1.29, 1.82) is 0 Å².